The van der Waals surface area contributed by atoms with Crippen molar-refractivity contribution < 1.29 is 33.4 Å². The quantitative estimate of drug-likeness (QED) is 0.160. The van der Waals surface area contributed by atoms with E-state index in [2.05, 4.69) is 10.3 Å². The van der Waals surface area contributed by atoms with Gasteiger partial charge in [0.25, 0.3) is 5.91 Å². The highest BCUT2D eigenvalue weighted by Crippen LogP contribution is 2.35. The van der Waals surface area contributed by atoms with Gasteiger partial charge in [-0.25, -0.2) is 9.59 Å². The van der Waals surface area contributed by atoms with E-state index < -0.39 is 35.1 Å². The summed E-state index contributed by atoms with van der Waals surface area (Å²) in [5, 5.41) is 2.85. The predicted octanol–water partition coefficient (Wildman–Crippen LogP) is 7.92. The largest absolute Gasteiger partial charge is 0.456 e. The highest BCUT2D eigenvalue weighted by Gasteiger charge is 2.26. The molecule has 0 aliphatic rings. The first-order valence-corrected chi connectivity index (χ1v) is 15.0. The number of para-hydroxylation sites is 1. The Bertz CT molecular complexity index is 1810. The zero-order valence-corrected chi connectivity index (χ0v) is 27.8. The molecule has 0 spiro atoms. The van der Waals surface area contributed by atoms with Crippen LogP contribution in [0.5, 0.6) is 5.75 Å². The van der Waals surface area contributed by atoms with E-state index in [0.717, 1.165) is 5.56 Å². The minimum Gasteiger partial charge on any atom is -0.456 e. The molecule has 4 rings (SSSR count). The average molecular weight is 638 g/mol. The molecule has 1 heterocycles. The number of nitrogens with zero attached hydrogens (tertiary/aromatic N) is 2. The number of esters is 2. The number of benzene rings is 3. The van der Waals surface area contributed by atoms with E-state index in [1.807, 2.05) is 18.2 Å². The van der Waals surface area contributed by atoms with Gasteiger partial charge in [-0.05, 0) is 89.1 Å². The van der Waals surface area contributed by atoms with Gasteiger partial charge in [0.2, 0.25) is 0 Å². The van der Waals surface area contributed by atoms with Gasteiger partial charge in [0.15, 0.2) is 0 Å². The van der Waals surface area contributed by atoms with Crippen LogP contribution in [0.1, 0.15) is 69.2 Å². The first kappa shape index (κ1) is 34.4. The number of hydrogen-bond acceptors (Lipinski definition) is 8. The molecule has 3 aromatic carbocycles. The smallest absolute Gasteiger partial charge is 0.414 e. The third-order valence-corrected chi connectivity index (χ3v) is 6.60. The van der Waals surface area contributed by atoms with Crippen molar-refractivity contribution in [1.82, 2.24) is 4.98 Å². The zero-order chi connectivity index (χ0) is 34.5. The second-order valence-corrected chi connectivity index (χ2v) is 12.8. The van der Waals surface area contributed by atoms with Crippen molar-refractivity contribution in [1.29, 1.82) is 0 Å². The summed E-state index contributed by atoms with van der Waals surface area (Å²) in [5.74, 6) is -1.84. The van der Waals surface area contributed by atoms with Gasteiger partial charge in [-0.15, -0.1) is 0 Å². The van der Waals surface area contributed by atoms with Gasteiger partial charge in [0.1, 0.15) is 17.0 Å². The maximum absolute atomic E-state index is 14.0. The number of carbonyl (C=O) groups excluding carboxylic acids is 4. The molecule has 10 nitrogen and oxygen atoms in total. The Morgan fingerprint density at radius 1 is 0.745 bits per heavy atom. The monoisotopic (exact) mass is 637 g/mol. The van der Waals surface area contributed by atoms with E-state index in [4.69, 9.17) is 14.2 Å². The molecule has 1 aromatic heterocycles. The van der Waals surface area contributed by atoms with Crippen LogP contribution in [0, 0.1) is 0 Å². The van der Waals surface area contributed by atoms with Gasteiger partial charge < -0.3 is 19.5 Å². The van der Waals surface area contributed by atoms with Gasteiger partial charge in [-0.2, -0.15) is 0 Å². The van der Waals surface area contributed by atoms with Crippen LogP contribution in [0.3, 0.4) is 0 Å². The number of carbonyl (C=O) groups is 4. The summed E-state index contributed by atoms with van der Waals surface area (Å²) in [7, 11) is 1.61. The van der Waals surface area contributed by atoms with Crippen molar-refractivity contribution in [3.05, 3.63) is 96.3 Å². The lowest BCUT2D eigenvalue weighted by atomic mass is 9.99. The molecule has 0 aliphatic carbocycles. The Morgan fingerprint density at radius 3 is 2.06 bits per heavy atom. The zero-order valence-electron chi connectivity index (χ0n) is 27.8. The Balaban J connectivity index is 1.81. The summed E-state index contributed by atoms with van der Waals surface area (Å²) in [6.45, 7) is 11.8. The van der Waals surface area contributed by atoms with E-state index in [1.54, 1.807) is 110 Å². The molecule has 0 fully saturated rings. The molecule has 47 heavy (non-hydrogen) atoms. The molecule has 244 valence electrons. The molecule has 2 amide bonds. The fraction of sp³-hybridized carbons (Fsp3) is 0.270. The predicted molar refractivity (Wildman–Crippen MR) is 181 cm³/mol. The molecule has 0 saturated heterocycles. The van der Waals surface area contributed by atoms with E-state index in [0.29, 0.717) is 22.4 Å². The van der Waals surface area contributed by atoms with Gasteiger partial charge in [0, 0.05) is 37.5 Å². The number of nitrogens with one attached hydrogen (secondary N) is 1. The summed E-state index contributed by atoms with van der Waals surface area (Å²) in [4.78, 5) is 57.8. The number of amides is 2. The molecule has 0 unspecified atom stereocenters. The van der Waals surface area contributed by atoms with Crippen LogP contribution in [0.2, 0.25) is 0 Å². The second-order valence-electron chi connectivity index (χ2n) is 12.8. The minimum absolute atomic E-state index is 0.0435. The third-order valence-electron chi connectivity index (χ3n) is 6.60. The molecular formula is C37H39N3O7. The molecule has 0 aliphatic heterocycles. The van der Waals surface area contributed by atoms with Crippen molar-refractivity contribution in [2.45, 2.75) is 59.7 Å². The fourth-order valence-corrected chi connectivity index (χ4v) is 4.62. The normalized spacial score (nSPS) is 11.3. The van der Waals surface area contributed by atoms with Crippen LogP contribution in [-0.2, 0) is 14.3 Å². The molecular weight excluding hydrogens is 598 g/mol. The van der Waals surface area contributed by atoms with E-state index in [-0.39, 0.29) is 22.6 Å². The Kier molecular flexibility index (Phi) is 10.1. The lowest BCUT2D eigenvalue weighted by Crippen LogP contribution is -2.34. The highest BCUT2D eigenvalue weighted by atomic mass is 16.6. The number of pyridine rings is 1. The van der Waals surface area contributed by atoms with Crippen LogP contribution in [0.25, 0.3) is 22.3 Å². The molecule has 0 atom stereocenters. The van der Waals surface area contributed by atoms with Gasteiger partial charge in [0.05, 0.1) is 22.5 Å². The minimum atomic E-state index is -0.805. The van der Waals surface area contributed by atoms with Crippen molar-refractivity contribution in [2.75, 3.05) is 17.3 Å². The first-order valence-electron chi connectivity index (χ1n) is 15.0. The maximum atomic E-state index is 14.0. The lowest BCUT2D eigenvalue weighted by Gasteiger charge is -2.26. The van der Waals surface area contributed by atoms with Crippen molar-refractivity contribution in [2.24, 2.45) is 0 Å². The maximum Gasteiger partial charge on any atom is 0.414 e. The Labute approximate surface area is 274 Å². The van der Waals surface area contributed by atoms with Crippen LogP contribution in [0.15, 0.2) is 85.2 Å². The Hall–Kier alpha value is -5.51. The summed E-state index contributed by atoms with van der Waals surface area (Å²) in [6, 6.07) is 20.6. The van der Waals surface area contributed by atoms with Crippen LogP contribution >= 0.6 is 0 Å². The number of anilines is 2. The highest BCUT2D eigenvalue weighted by molar-refractivity contribution is 6.11. The fourth-order valence-electron chi connectivity index (χ4n) is 4.62. The van der Waals surface area contributed by atoms with Gasteiger partial charge in [-0.3, -0.25) is 19.5 Å². The summed E-state index contributed by atoms with van der Waals surface area (Å²) >= 11 is 0. The topological polar surface area (TPSA) is 124 Å². The lowest BCUT2D eigenvalue weighted by molar-refractivity contribution is -0.131. The molecule has 10 heteroatoms. The van der Waals surface area contributed by atoms with Crippen LogP contribution in [-0.4, -0.2) is 47.2 Å². The average Bonchev–Trinajstić information content (AvgIpc) is 2.99. The Morgan fingerprint density at radius 2 is 1.43 bits per heavy atom. The third kappa shape index (κ3) is 9.03. The van der Waals surface area contributed by atoms with E-state index in [1.165, 1.54) is 17.9 Å². The second kappa shape index (κ2) is 13.9. The molecule has 1 N–H and O–H groups in total. The van der Waals surface area contributed by atoms with Crippen LogP contribution < -0.4 is 15.0 Å². The van der Waals surface area contributed by atoms with Gasteiger partial charge in [-0.1, -0.05) is 36.4 Å². The van der Waals surface area contributed by atoms with Gasteiger partial charge >= 0.3 is 18.0 Å². The standard InChI is InChI=1S/C37H39N3O7/c1-23(41)45-32-18-16-24(26-12-11-19-38-22-26)20-29(32)33(42)39-30-21-25(15-17-28(30)34(43)46-36(2,3)4)27-13-9-10-14-31(27)40(8)35(44)47-37(5,6)7/h9-22H,1-8H3,(H,39,42). The summed E-state index contributed by atoms with van der Waals surface area (Å²) in [5.41, 5.74) is 2.01. The number of rotatable bonds is 7. The van der Waals surface area contributed by atoms with Crippen molar-refractivity contribution in [3.63, 3.8) is 0 Å². The van der Waals surface area contributed by atoms with Crippen LogP contribution in [0.4, 0.5) is 16.2 Å². The van der Waals surface area contributed by atoms with E-state index >= 15 is 0 Å². The summed E-state index contributed by atoms with van der Waals surface area (Å²) < 4.78 is 16.6. The van der Waals surface area contributed by atoms with E-state index in [9.17, 15) is 19.2 Å². The molecule has 4 aromatic rings. The number of ether oxygens (including phenoxy) is 3. The number of hydrogen-bond donors (Lipinski definition) is 1. The first-order chi connectivity index (χ1) is 22.0. The molecule has 0 saturated carbocycles. The molecule has 0 bridgehead atoms. The SMILES string of the molecule is CC(=O)Oc1ccc(-c2cccnc2)cc1C(=O)Nc1cc(-c2ccccc2N(C)C(=O)OC(C)(C)C)ccc1C(=O)OC(C)(C)C. The molecule has 0 radical (unpaired) electrons. The number of aromatic nitrogens is 1. The summed E-state index contributed by atoms with van der Waals surface area (Å²) in [6.07, 6.45) is 2.74. The van der Waals surface area contributed by atoms with Crippen molar-refractivity contribution >= 4 is 35.3 Å². The van der Waals surface area contributed by atoms with Crippen molar-refractivity contribution in [3.8, 4) is 28.0 Å².